The van der Waals surface area contributed by atoms with Crippen molar-refractivity contribution in [3.63, 3.8) is 0 Å². The molecule has 1 saturated heterocycles. The van der Waals surface area contributed by atoms with Crippen molar-refractivity contribution < 1.29 is 33.5 Å². The predicted molar refractivity (Wildman–Crippen MR) is 97.6 cm³/mol. The molecule has 142 valence electrons. The van der Waals surface area contributed by atoms with Crippen molar-refractivity contribution in [1.29, 1.82) is 0 Å². The Morgan fingerprint density at radius 2 is 1.72 bits per heavy atom. The minimum atomic E-state index is -1.76. The molecule has 0 aliphatic carbocycles. The maximum atomic E-state index is 10.2. The average molecular weight is 392 g/mol. The maximum absolute atomic E-state index is 10.2. The van der Waals surface area contributed by atoms with Gasteiger partial charge in [0.25, 0.3) is 0 Å². The van der Waals surface area contributed by atoms with E-state index in [1.165, 1.54) is 14.2 Å². The van der Waals surface area contributed by atoms with Crippen LogP contribution in [0.15, 0.2) is 12.1 Å². The Morgan fingerprint density at radius 3 is 2.20 bits per heavy atom. The lowest BCUT2D eigenvalue weighted by Gasteiger charge is -2.27. The van der Waals surface area contributed by atoms with E-state index in [1.807, 2.05) is 12.1 Å². The number of hydrogen-bond acceptors (Lipinski definition) is 9. The van der Waals surface area contributed by atoms with Crippen LogP contribution in [-0.2, 0) is 14.2 Å². The van der Waals surface area contributed by atoms with Gasteiger partial charge in [-0.1, -0.05) is 0 Å². The van der Waals surface area contributed by atoms with Crippen LogP contribution in [0.4, 0.5) is 0 Å². The number of hydrogen-bond donors (Lipinski definition) is 1. The minimum Gasteiger partial charge on any atom is -0.493 e. The second-order valence-corrected chi connectivity index (χ2v) is 7.84. The first-order chi connectivity index (χ1) is 12.0. The van der Waals surface area contributed by atoms with Gasteiger partial charge in [0.2, 0.25) is 5.75 Å². The Kier molecular flexibility index (Phi) is 7.53. The van der Waals surface area contributed by atoms with Gasteiger partial charge in [0.05, 0.1) is 21.3 Å². The molecule has 3 atom stereocenters. The summed E-state index contributed by atoms with van der Waals surface area (Å²) in [4.78, 5) is 0. The molecule has 2 rings (SSSR count). The van der Waals surface area contributed by atoms with Crippen molar-refractivity contribution in [2.45, 2.75) is 16.0 Å². The Balaban J connectivity index is 2.13. The van der Waals surface area contributed by atoms with Crippen molar-refractivity contribution in [1.82, 2.24) is 0 Å². The summed E-state index contributed by atoms with van der Waals surface area (Å²) in [7, 11) is 7.60. The van der Waals surface area contributed by atoms with E-state index in [4.69, 9.17) is 28.4 Å². The van der Waals surface area contributed by atoms with Gasteiger partial charge in [-0.2, -0.15) is 0 Å². The fourth-order valence-electron chi connectivity index (χ4n) is 2.38. The molecule has 25 heavy (non-hydrogen) atoms. The molecule has 0 saturated carbocycles. The maximum Gasteiger partial charge on any atom is 0.306 e. The Bertz CT molecular complexity index is 546. The van der Waals surface area contributed by atoms with Crippen LogP contribution in [0, 0.1) is 0 Å². The van der Waals surface area contributed by atoms with Crippen molar-refractivity contribution in [2.24, 2.45) is 0 Å². The zero-order chi connectivity index (χ0) is 18.4. The van der Waals surface area contributed by atoms with E-state index in [2.05, 4.69) is 0 Å². The largest absolute Gasteiger partial charge is 0.493 e. The molecule has 1 aliphatic rings. The second kappa shape index (κ2) is 9.20. The van der Waals surface area contributed by atoms with Crippen LogP contribution in [-0.4, -0.2) is 63.8 Å². The van der Waals surface area contributed by atoms with Gasteiger partial charge in [-0.3, -0.25) is 0 Å². The molecule has 1 aromatic carbocycles. The summed E-state index contributed by atoms with van der Waals surface area (Å²) in [5, 5.41) is 10.4. The lowest BCUT2D eigenvalue weighted by molar-refractivity contribution is -0.361. The summed E-state index contributed by atoms with van der Waals surface area (Å²) in [6.45, 7) is -0.0734. The van der Waals surface area contributed by atoms with E-state index in [0.29, 0.717) is 17.2 Å². The van der Waals surface area contributed by atoms with Gasteiger partial charge >= 0.3 is 5.97 Å². The molecular weight excluding hydrogens is 368 g/mol. The van der Waals surface area contributed by atoms with Crippen LogP contribution >= 0.6 is 23.5 Å². The first-order valence-electron chi connectivity index (χ1n) is 7.51. The van der Waals surface area contributed by atoms with E-state index in [0.717, 1.165) is 11.3 Å². The van der Waals surface area contributed by atoms with Crippen LogP contribution in [0.5, 0.6) is 17.2 Å². The molecule has 0 aromatic heterocycles. The molecular formula is C16H24O7S2. The van der Waals surface area contributed by atoms with Crippen LogP contribution < -0.4 is 14.2 Å². The highest BCUT2D eigenvalue weighted by molar-refractivity contribution is 8.20. The van der Waals surface area contributed by atoms with Gasteiger partial charge in [-0.15, -0.1) is 23.5 Å². The van der Waals surface area contributed by atoms with Crippen LogP contribution in [0.25, 0.3) is 0 Å². The SMILES string of the molecule is COCC(O)(OC)OC1SCC(c2cc(OC)c(OC)c(OC)c2)S1. The van der Waals surface area contributed by atoms with E-state index in [9.17, 15) is 5.11 Å². The smallest absolute Gasteiger partial charge is 0.306 e. The molecule has 0 radical (unpaired) electrons. The summed E-state index contributed by atoms with van der Waals surface area (Å²) in [5.41, 5.74) is 1.03. The molecule has 9 heteroatoms. The van der Waals surface area contributed by atoms with Crippen molar-refractivity contribution in [3.05, 3.63) is 17.7 Å². The van der Waals surface area contributed by atoms with Crippen molar-refractivity contribution >= 4 is 23.5 Å². The third-order valence-corrected chi connectivity index (χ3v) is 6.58. The summed E-state index contributed by atoms with van der Waals surface area (Å²) in [6.07, 6.45) is 0. The zero-order valence-corrected chi connectivity index (χ0v) is 16.6. The molecule has 1 aromatic rings. The van der Waals surface area contributed by atoms with Crippen molar-refractivity contribution in [3.8, 4) is 17.2 Å². The highest BCUT2D eigenvalue weighted by Crippen LogP contribution is 2.51. The Labute approximate surface area is 156 Å². The zero-order valence-electron chi connectivity index (χ0n) is 14.9. The third kappa shape index (κ3) is 4.87. The third-order valence-electron chi connectivity index (χ3n) is 3.64. The summed E-state index contributed by atoms with van der Waals surface area (Å²) >= 11 is 3.16. The summed E-state index contributed by atoms with van der Waals surface area (Å²) < 4.78 is 31.5. The van der Waals surface area contributed by atoms with Gasteiger partial charge in [0.15, 0.2) is 16.3 Å². The van der Waals surface area contributed by atoms with E-state index >= 15 is 0 Å². The van der Waals surface area contributed by atoms with Gasteiger partial charge in [-0.05, 0) is 17.7 Å². The summed E-state index contributed by atoms with van der Waals surface area (Å²) in [6, 6.07) is 3.86. The molecule has 1 aliphatic heterocycles. The van der Waals surface area contributed by atoms with Gasteiger partial charge in [0, 0.05) is 25.2 Å². The Morgan fingerprint density at radius 1 is 1.08 bits per heavy atom. The van der Waals surface area contributed by atoms with Crippen molar-refractivity contribution in [2.75, 3.05) is 47.9 Å². The molecule has 0 spiro atoms. The highest BCUT2D eigenvalue weighted by Gasteiger charge is 2.37. The molecule has 7 nitrogen and oxygen atoms in total. The molecule has 1 fully saturated rings. The monoisotopic (exact) mass is 392 g/mol. The van der Waals surface area contributed by atoms with Gasteiger partial charge < -0.3 is 33.5 Å². The topological polar surface area (TPSA) is 75.6 Å². The van der Waals surface area contributed by atoms with Crippen LogP contribution in [0.2, 0.25) is 0 Å². The van der Waals surface area contributed by atoms with Crippen LogP contribution in [0.1, 0.15) is 10.8 Å². The number of methoxy groups -OCH3 is 5. The van der Waals surface area contributed by atoms with E-state index < -0.39 is 5.97 Å². The average Bonchev–Trinajstić information content (AvgIpc) is 3.08. The molecule has 3 unspecified atom stereocenters. The van der Waals surface area contributed by atoms with Gasteiger partial charge in [-0.25, -0.2) is 0 Å². The number of ether oxygens (including phenoxy) is 6. The fraction of sp³-hybridized carbons (Fsp3) is 0.625. The van der Waals surface area contributed by atoms with E-state index in [1.54, 1.807) is 44.9 Å². The minimum absolute atomic E-state index is 0.0734. The van der Waals surface area contributed by atoms with Crippen LogP contribution in [0.3, 0.4) is 0 Å². The lowest BCUT2D eigenvalue weighted by Crippen LogP contribution is -2.41. The quantitative estimate of drug-likeness (QED) is 0.638. The number of benzene rings is 1. The van der Waals surface area contributed by atoms with Gasteiger partial charge in [0.1, 0.15) is 6.61 Å². The van der Waals surface area contributed by atoms with E-state index in [-0.39, 0.29) is 16.6 Å². The molecule has 0 bridgehead atoms. The fourth-order valence-corrected chi connectivity index (χ4v) is 5.39. The Hall–Kier alpha value is -0.840. The molecule has 1 heterocycles. The second-order valence-electron chi connectivity index (χ2n) is 5.17. The standard InChI is InChI=1S/C16H24O7S2/c1-18-9-16(17,22-5)23-15-24-8-13(25-15)10-6-11(19-2)14(21-4)12(7-10)20-3/h6-7,13,15,17H,8-9H2,1-5H3. The molecule has 1 N–H and O–H groups in total. The predicted octanol–water partition coefficient (Wildman–Crippen LogP) is 2.47. The lowest BCUT2D eigenvalue weighted by atomic mass is 10.1. The first kappa shape index (κ1) is 20.5. The number of rotatable bonds is 9. The number of thioether (sulfide) groups is 2. The highest BCUT2D eigenvalue weighted by atomic mass is 32.2. The molecule has 0 amide bonds. The first-order valence-corrected chi connectivity index (χ1v) is 9.50. The summed E-state index contributed by atoms with van der Waals surface area (Å²) in [5.74, 6) is 0.829. The normalized spacial score (nSPS) is 22.5. The number of aliphatic hydroxyl groups is 1.